The first-order valence-corrected chi connectivity index (χ1v) is 8.02. The van der Waals surface area contributed by atoms with Crippen LogP contribution in [0.3, 0.4) is 0 Å². The van der Waals surface area contributed by atoms with Crippen molar-refractivity contribution in [3.8, 4) is 5.75 Å². The van der Waals surface area contributed by atoms with Gasteiger partial charge in [0.05, 0.1) is 23.7 Å². The van der Waals surface area contributed by atoms with E-state index < -0.39 is 10.8 Å². The summed E-state index contributed by atoms with van der Waals surface area (Å²) in [6.45, 7) is 0. The third-order valence-corrected chi connectivity index (χ3v) is 4.51. The largest absolute Gasteiger partial charge is 0.497 e. The lowest BCUT2D eigenvalue weighted by Gasteiger charge is -2.05. The van der Waals surface area contributed by atoms with Gasteiger partial charge < -0.3 is 4.74 Å². The first kappa shape index (κ1) is 14.9. The molecule has 1 atom stereocenters. The average Bonchev–Trinajstić information content (AvgIpc) is 2.47. The van der Waals surface area contributed by atoms with Crippen LogP contribution in [0.25, 0.3) is 0 Å². The van der Waals surface area contributed by atoms with Crippen molar-refractivity contribution in [1.29, 1.82) is 0 Å². The average molecular weight is 353 g/mol. The highest BCUT2D eigenvalue weighted by Crippen LogP contribution is 2.17. The third kappa shape index (κ3) is 3.77. The number of carbonyl (C=O) groups excluding carboxylic acids is 1. The number of Topliss-reactive ketones (excluding diaryl/α,β-unsaturated/α-hetero) is 1. The zero-order chi connectivity index (χ0) is 14.5. The number of rotatable bonds is 5. The summed E-state index contributed by atoms with van der Waals surface area (Å²) >= 11 is 3.32. The number of hydrogen-bond donors (Lipinski definition) is 0. The molecule has 0 N–H and O–H groups in total. The number of hydrogen-bond acceptors (Lipinski definition) is 3. The van der Waals surface area contributed by atoms with E-state index in [1.807, 2.05) is 6.07 Å². The van der Waals surface area contributed by atoms with Gasteiger partial charge in [-0.3, -0.25) is 9.00 Å². The summed E-state index contributed by atoms with van der Waals surface area (Å²) in [5.74, 6) is 0.412. The molecule has 2 aromatic rings. The molecular weight excluding hydrogens is 340 g/mol. The molecule has 0 aromatic heterocycles. The zero-order valence-corrected chi connectivity index (χ0v) is 13.2. The fraction of sp³-hybridized carbons (Fsp3) is 0.133. The smallest absolute Gasteiger partial charge is 0.175 e. The second-order valence-electron chi connectivity index (χ2n) is 4.10. The topological polar surface area (TPSA) is 43.4 Å². The van der Waals surface area contributed by atoms with Crippen molar-refractivity contribution in [2.45, 2.75) is 4.90 Å². The summed E-state index contributed by atoms with van der Waals surface area (Å²) in [7, 11) is 0.192. The molecule has 0 saturated carbocycles. The molecule has 20 heavy (non-hydrogen) atoms. The number of methoxy groups -OCH3 is 1. The Morgan fingerprint density at radius 2 is 1.95 bits per heavy atom. The van der Waals surface area contributed by atoms with Crippen molar-refractivity contribution in [2.24, 2.45) is 0 Å². The number of ether oxygens (including phenoxy) is 1. The van der Waals surface area contributed by atoms with Crippen LogP contribution in [-0.4, -0.2) is 22.9 Å². The Kier molecular flexibility index (Phi) is 5.09. The van der Waals surface area contributed by atoms with Crippen LogP contribution >= 0.6 is 15.9 Å². The number of benzene rings is 2. The second-order valence-corrected chi connectivity index (χ2v) is 6.47. The van der Waals surface area contributed by atoms with Crippen LogP contribution in [0.15, 0.2) is 57.9 Å². The van der Waals surface area contributed by atoms with E-state index in [4.69, 9.17) is 4.74 Å². The monoisotopic (exact) mass is 352 g/mol. The van der Waals surface area contributed by atoms with Crippen molar-refractivity contribution in [1.82, 2.24) is 0 Å². The molecule has 0 aliphatic carbocycles. The van der Waals surface area contributed by atoms with Crippen molar-refractivity contribution in [3.05, 3.63) is 58.6 Å². The minimum atomic E-state index is -1.35. The fourth-order valence-electron chi connectivity index (χ4n) is 1.69. The summed E-state index contributed by atoms with van der Waals surface area (Å²) in [6, 6.07) is 14.0. The predicted molar refractivity (Wildman–Crippen MR) is 82.7 cm³/mol. The Hall–Kier alpha value is -1.46. The van der Waals surface area contributed by atoms with Gasteiger partial charge in [0.1, 0.15) is 5.75 Å². The minimum absolute atomic E-state index is 0.0381. The third-order valence-electron chi connectivity index (χ3n) is 2.71. The van der Waals surface area contributed by atoms with Gasteiger partial charge in [0.15, 0.2) is 5.78 Å². The zero-order valence-electron chi connectivity index (χ0n) is 10.8. The van der Waals surface area contributed by atoms with E-state index in [2.05, 4.69) is 15.9 Å². The highest BCUT2D eigenvalue weighted by atomic mass is 79.9. The van der Waals surface area contributed by atoms with Gasteiger partial charge in [-0.25, -0.2) is 0 Å². The molecule has 2 rings (SSSR count). The molecule has 0 fully saturated rings. The lowest BCUT2D eigenvalue weighted by molar-refractivity contribution is 0.102. The van der Waals surface area contributed by atoms with E-state index >= 15 is 0 Å². The Bertz CT molecular complexity index is 655. The van der Waals surface area contributed by atoms with E-state index in [1.54, 1.807) is 49.6 Å². The van der Waals surface area contributed by atoms with Crippen LogP contribution in [0.5, 0.6) is 5.75 Å². The van der Waals surface area contributed by atoms with Crippen LogP contribution in [0.1, 0.15) is 10.4 Å². The molecule has 1 unspecified atom stereocenters. The van der Waals surface area contributed by atoms with Crippen LogP contribution in [0, 0.1) is 0 Å². The maximum Gasteiger partial charge on any atom is 0.175 e. The molecule has 0 radical (unpaired) electrons. The van der Waals surface area contributed by atoms with Gasteiger partial charge in [-0.2, -0.15) is 0 Å². The first-order chi connectivity index (χ1) is 9.60. The Labute approximate surface area is 128 Å². The summed E-state index contributed by atoms with van der Waals surface area (Å²) in [5, 5.41) is 0. The van der Waals surface area contributed by atoms with Gasteiger partial charge in [-0.1, -0.05) is 34.1 Å². The molecule has 0 spiro atoms. The Morgan fingerprint density at radius 3 is 2.65 bits per heavy atom. The SMILES string of the molecule is COc1cccc(C(=O)CS(=O)c2cccc(Br)c2)c1. The lowest BCUT2D eigenvalue weighted by Crippen LogP contribution is -2.11. The second kappa shape index (κ2) is 6.81. The summed E-state index contributed by atoms with van der Waals surface area (Å²) in [4.78, 5) is 12.8. The van der Waals surface area contributed by atoms with Crippen molar-refractivity contribution in [2.75, 3.05) is 12.9 Å². The van der Waals surface area contributed by atoms with Gasteiger partial charge in [0.25, 0.3) is 0 Å². The van der Waals surface area contributed by atoms with E-state index in [9.17, 15) is 9.00 Å². The molecule has 0 heterocycles. The van der Waals surface area contributed by atoms with Crippen molar-refractivity contribution in [3.63, 3.8) is 0 Å². The molecule has 0 bridgehead atoms. The van der Waals surface area contributed by atoms with E-state index in [1.165, 1.54) is 0 Å². The quantitative estimate of drug-likeness (QED) is 0.774. The molecule has 0 amide bonds. The summed E-state index contributed by atoms with van der Waals surface area (Å²) in [6.07, 6.45) is 0. The van der Waals surface area contributed by atoms with Crippen LogP contribution in [0.4, 0.5) is 0 Å². The summed E-state index contributed by atoms with van der Waals surface area (Å²) < 4.78 is 18.1. The molecular formula is C15H13BrO3S. The molecule has 0 aliphatic rings. The molecule has 0 aliphatic heterocycles. The molecule has 5 heteroatoms. The van der Waals surface area contributed by atoms with Crippen LogP contribution < -0.4 is 4.74 Å². The number of halogens is 1. The van der Waals surface area contributed by atoms with Gasteiger partial charge in [0.2, 0.25) is 0 Å². The van der Waals surface area contributed by atoms with Crippen molar-refractivity contribution < 1.29 is 13.7 Å². The Balaban J connectivity index is 2.13. The van der Waals surface area contributed by atoms with Crippen LogP contribution in [-0.2, 0) is 10.8 Å². The van der Waals surface area contributed by atoms with Gasteiger partial charge >= 0.3 is 0 Å². The maximum atomic E-state index is 12.2. The van der Waals surface area contributed by atoms with E-state index in [0.29, 0.717) is 16.2 Å². The fourth-order valence-corrected chi connectivity index (χ4v) is 3.30. The number of ketones is 1. The highest BCUT2D eigenvalue weighted by molar-refractivity contribution is 9.10. The predicted octanol–water partition coefficient (Wildman–Crippen LogP) is 3.45. The highest BCUT2D eigenvalue weighted by Gasteiger charge is 2.13. The summed E-state index contributed by atoms with van der Waals surface area (Å²) in [5.41, 5.74) is 0.507. The lowest BCUT2D eigenvalue weighted by atomic mass is 10.1. The minimum Gasteiger partial charge on any atom is -0.497 e. The van der Waals surface area contributed by atoms with E-state index in [0.717, 1.165) is 4.47 Å². The maximum absolute atomic E-state index is 12.2. The first-order valence-electron chi connectivity index (χ1n) is 5.91. The van der Waals surface area contributed by atoms with Gasteiger partial charge in [-0.05, 0) is 30.3 Å². The molecule has 3 nitrogen and oxygen atoms in total. The molecule has 104 valence electrons. The van der Waals surface area contributed by atoms with E-state index in [-0.39, 0.29) is 11.5 Å². The normalized spacial score (nSPS) is 11.9. The van der Waals surface area contributed by atoms with Gasteiger partial charge in [0, 0.05) is 14.9 Å². The van der Waals surface area contributed by atoms with Crippen molar-refractivity contribution >= 4 is 32.5 Å². The molecule has 0 saturated heterocycles. The standard InChI is InChI=1S/C15H13BrO3S/c1-19-13-6-2-4-11(8-13)15(17)10-20(18)14-7-3-5-12(16)9-14/h2-9H,10H2,1H3. The van der Waals surface area contributed by atoms with Crippen LogP contribution in [0.2, 0.25) is 0 Å². The Morgan fingerprint density at radius 1 is 1.20 bits per heavy atom. The van der Waals surface area contributed by atoms with Gasteiger partial charge in [-0.15, -0.1) is 0 Å². The number of carbonyl (C=O) groups is 1. The molecule has 2 aromatic carbocycles.